The Balaban J connectivity index is 2.11. The van der Waals surface area contributed by atoms with Crippen molar-refractivity contribution < 1.29 is 23.1 Å². The molecule has 5 nitrogen and oxygen atoms in total. The number of carbonyl (C=O) groups excluding carboxylic acids is 1. The van der Waals surface area contributed by atoms with Crippen LogP contribution in [0.5, 0.6) is 0 Å². The summed E-state index contributed by atoms with van der Waals surface area (Å²) in [4.78, 5) is 16.7. The van der Waals surface area contributed by atoms with E-state index in [4.69, 9.17) is 5.73 Å². The molecule has 0 saturated carbocycles. The highest BCUT2D eigenvalue weighted by Gasteiger charge is 2.30. The largest absolute Gasteiger partial charge is 0.416 e. The maximum absolute atomic E-state index is 12.9. The van der Waals surface area contributed by atoms with Gasteiger partial charge >= 0.3 is 6.18 Å². The number of alkyl halides is 3. The molecule has 0 spiro atoms. The summed E-state index contributed by atoms with van der Waals surface area (Å²) in [5, 5.41) is 13.3. The normalized spacial score (nSPS) is 14.3. The van der Waals surface area contributed by atoms with E-state index in [-0.39, 0.29) is 18.7 Å². The van der Waals surface area contributed by atoms with Crippen molar-refractivity contribution in [2.45, 2.75) is 57.5 Å². The monoisotopic (exact) mass is 409 g/mol. The molecule has 2 atom stereocenters. The average Bonchev–Trinajstić information content (AvgIpc) is 2.60. The van der Waals surface area contributed by atoms with Crippen molar-refractivity contribution in [1.82, 2.24) is 10.3 Å². The molecule has 8 heteroatoms. The van der Waals surface area contributed by atoms with Crippen LogP contribution in [-0.4, -0.2) is 33.7 Å². The van der Waals surface area contributed by atoms with E-state index in [1.165, 1.54) is 18.3 Å². The maximum atomic E-state index is 12.9. The number of nitrogens with one attached hydrogen (secondary N) is 1. The molecule has 0 aliphatic heterocycles. The lowest BCUT2D eigenvalue weighted by atomic mass is 9.96. The molecule has 1 heterocycles. The smallest absolute Gasteiger partial charge is 0.391 e. The van der Waals surface area contributed by atoms with Crippen LogP contribution in [0.25, 0.3) is 0 Å². The number of pyridine rings is 1. The average molecular weight is 409 g/mol. The lowest BCUT2D eigenvalue weighted by Gasteiger charge is -2.23. The second-order valence-electron chi connectivity index (χ2n) is 8.04. The number of nitrogens with zero attached hydrogens (tertiary/aromatic N) is 1. The van der Waals surface area contributed by atoms with Gasteiger partial charge in [0.1, 0.15) is 0 Å². The van der Waals surface area contributed by atoms with Crippen molar-refractivity contribution in [3.05, 3.63) is 65.0 Å². The third-order valence-corrected chi connectivity index (χ3v) is 4.25. The Hall–Kier alpha value is -2.45. The number of hydrogen-bond acceptors (Lipinski definition) is 4. The molecule has 0 saturated heterocycles. The van der Waals surface area contributed by atoms with Crippen LogP contribution in [0, 0.1) is 0 Å². The molecule has 1 aromatic heterocycles. The van der Waals surface area contributed by atoms with Gasteiger partial charge in [-0.25, -0.2) is 0 Å². The molecule has 4 N–H and O–H groups in total. The molecular weight excluding hydrogens is 383 g/mol. The van der Waals surface area contributed by atoms with E-state index in [0.717, 1.165) is 12.1 Å². The van der Waals surface area contributed by atoms with E-state index in [2.05, 4.69) is 10.3 Å². The quantitative estimate of drug-likeness (QED) is 0.684. The van der Waals surface area contributed by atoms with Crippen LogP contribution < -0.4 is 11.1 Å². The van der Waals surface area contributed by atoms with E-state index in [9.17, 15) is 23.1 Å². The number of rotatable bonds is 6. The molecule has 0 radical (unpaired) electrons. The standard InChI is InChI=1S/C21H26F3N3O2/c1-20(2,3)27-19(29)15-8-5-9-26-17(15)12-18(28)16(25)11-13-6-4-7-14(10-13)21(22,23)24/h4-10,16,18,28H,11-12,25H2,1-3H3,(H,27,29)/t16-,18+/m1/s1. The first-order valence-electron chi connectivity index (χ1n) is 9.23. The number of halogens is 3. The number of hydrogen-bond donors (Lipinski definition) is 3. The van der Waals surface area contributed by atoms with Gasteiger partial charge in [-0.05, 0) is 51.0 Å². The number of carbonyl (C=O) groups is 1. The highest BCUT2D eigenvalue weighted by atomic mass is 19.4. The molecular formula is C21H26F3N3O2. The van der Waals surface area contributed by atoms with E-state index >= 15 is 0 Å². The Morgan fingerprint density at radius 2 is 1.86 bits per heavy atom. The fourth-order valence-corrected chi connectivity index (χ4v) is 2.85. The minimum atomic E-state index is -4.44. The first-order valence-corrected chi connectivity index (χ1v) is 9.23. The molecule has 0 bridgehead atoms. The van der Waals surface area contributed by atoms with Crippen molar-refractivity contribution >= 4 is 5.91 Å². The topological polar surface area (TPSA) is 88.2 Å². The molecule has 1 aromatic carbocycles. The lowest BCUT2D eigenvalue weighted by Crippen LogP contribution is -2.42. The minimum absolute atomic E-state index is 0.00780. The highest BCUT2D eigenvalue weighted by Crippen LogP contribution is 2.29. The van der Waals surface area contributed by atoms with E-state index in [0.29, 0.717) is 16.8 Å². The fraction of sp³-hybridized carbons (Fsp3) is 0.429. The van der Waals surface area contributed by atoms with Gasteiger partial charge in [-0.3, -0.25) is 9.78 Å². The summed E-state index contributed by atoms with van der Waals surface area (Å²) in [5.41, 5.74) is 5.90. The van der Waals surface area contributed by atoms with E-state index < -0.39 is 29.4 Å². The first-order chi connectivity index (χ1) is 13.4. The highest BCUT2D eigenvalue weighted by molar-refractivity contribution is 5.95. The Labute approximate surface area is 168 Å². The van der Waals surface area contributed by atoms with Crippen LogP contribution in [0.2, 0.25) is 0 Å². The maximum Gasteiger partial charge on any atom is 0.416 e. The second kappa shape index (κ2) is 8.92. The lowest BCUT2D eigenvalue weighted by molar-refractivity contribution is -0.137. The van der Waals surface area contributed by atoms with Crippen molar-refractivity contribution in [3.63, 3.8) is 0 Å². The summed E-state index contributed by atoms with van der Waals surface area (Å²) in [5.74, 6) is -0.320. The van der Waals surface area contributed by atoms with Gasteiger partial charge in [-0.1, -0.05) is 18.2 Å². The fourth-order valence-electron chi connectivity index (χ4n) is 2.85. The Morgan fingerprint density at radius 3 is 2.48 bits per heavy atom. The van der Waals surface area contributed by atoms with Gasteiger partial charge in [0.15, 0.2) is 0 Å². The number of amides is 1. The zero-order chi connectivity index (χ0) is 21.8. The van der Waals surface area contributed by atoms with Gasteiger partial charge < -0.3 is 16.2 Å². The van der Waals surface area contributed by atoms with E-state index in [1.54, 1.807) is 12.1 Å². The van der Waals surface area contributed by atoms with Crippen molar-refractivity contribution in [3.8, 4) is 0 Å². The van der Waals surface area contributed by atoms with Crippen molar-refractivity contribution in [2.75, 3.05) is 0 Å². The molecule has 1 amide bonds. The molecule has 2 aromatic rings. The van der Waals surface area contributed by atoms with Gasteiger partial charge in [0.2, 0.25) is 0 Å². The number of benzene rings is 1. The summed E-state index contributed by atoms with van der Waals surface area (Å²) in [6, 6.07) is 7.26. The minimum Gasteiger partial charge on any atom is -0.391 e. The van der Waals surface area contributed by atoms with Gasteiger partial charge in [0.05, 0.1) is 22.9 Å². The zero-order valence-electron chi connectivity index (χ0n) is 16.6. The molecule has 0 fully saturated rings. The molecule has 0 unspecified atom stereocenters. The summed E-state index contributed by atoms with van der Waals surface area (Å²) in [6.45, 7) is 5.54. The van der Waals surface area contributed by atoms with Crippen molar-refractivity contribution in [1.29, 1.82) is 0 Å². The second-order valence-corrected chi connectivity index (χ2v) is 8.04. The SMILES string of the molecule is CC(C)(C)NC(=O)c1cccnc1C[C@H](O)[C@H](N)Cc1cccc(C(F)(F)F)c1. The van der Waals surface area contributed by atoms with Crippen LogP contribution >= 0.6 is 0 Å². The Bertz CT molecular complexity index is 848. The number of aromatic nitrogens is 1. The molecule has 2 rings (SSSR count). The predicted octanol–water partition coefficient (Wildman–Crippen LogP) is 3.10. The van der Waals surface area contributed by atoms with Crippen LogP contribution in [0.1, 0.15) is 48.0 Å². The number of aliphatic hydroxyl groups excluding tert-OH is 1. The van der Waals surface area contributed by atoms with Crippen LogP contribution in [0.3, 0.4) is 0 Å². The summed E-state index contributed by atoms with van der Waals surface area (Å²) in [7, 11) is 0. The van der Waals surface area contributed by atoms with Gasteiger partial charge in [0, 0.05) is 24.2 Å². The zero-order valence-corrected chi connectivity index (χ0v) is 16.6. The van der Waals surface area contributed by atoms with Crippen LogP contribution in [-0.2, 0) is 19.0 Å². The third-order valence-electron chi connectivity index (χ3n) is 4.25. The van der Waals surface area contributed by atoms with Crippen molar-refractivity contribution in [2.24, 2.45) is 5.73 Å². The van der Waals surface area contributed by atoms with Gasteiger partial charge in [-0.15, -0.1) is 0 Å². The molecule has 158 valence electrons. The third kappa shape index (κ3) is 6.83. The van der Waals surface area contributed by atoms with Crippen LogP contribution in [0.15, 0.2) is 42.6 Å². The summed E-state index contributed by atoms with van der Waals surface area (Å²) in [6.07, 6.45) is -3.95. The number of aliphatic hydroxyl groups is 1. The van der Waals surface area contributed by atoms with Crippen LogP contribution in [0.4, 0.5) is 13.2 Å². The Kier molecular flexibility index (Phi) is 7.02. The summed E-state index contributed by atoms with van der Waals surface area (Å²) < 4.78 is 38.6. The predicted molar refractivity (Wildman–Crippen MR) is 104 cm³/mol. The molecule has 0 aliphatic carbocycles. The van der Waals surface area contributed by atoms with Gasteiger partial charge in [-0.2, -0.15) is 13.2 Å². The van der Waals surface area contributed by atoms with Gasteiger partial charge in [0.25, 0.3) is 5.91 Å². The Morgan fingerprint density at radius 1 is 1.17 bits per heavy atom. The molecule has 29 heavy (non-hydrogen) atoms. The summed E-state index contributed by atoms with van der Waals surface area (Å²) >= 11 is 0. The number of nitrogens with two attached hydrogens (primary N) is 1. The first kappa shape index (κ1) is 22.8. The molecule has 0 aliphatic rings. The van der Waals surface area contributed by atoms with E-state index in [1.807, 2.05) is 20.8 Å².